The topological polar surface area (TPSA) is 118 Å². The minimum atomic E-state index is -3.19. The molecule has 1 atom stereocenters. The van der Waals surface area contributed by atoms with E-state index in [0.29, 0.717) is 23.4 Å². The summed E-state index contributed by atoms with van der Waals surface area (Å²) in [5.41, 5.74) is 1.91. The van der Waals surface area contributed by atoms with Gasteiger partial charge in [-0.25, -0.2) is 13.4 Å². The van der Waals surface area contributed by atoms with Crippen molar-refractivity contribution in [2.75, 3.05) is 23.9 Å². The number of rotatable bonds is 4. The number of carbonyl (C=O) groups is 2. The predicted molar refractivity (Wildman–Crippen MR) is 119 cm³/mol. The second-order valence-corrected chi connectivity index (χ2v) is 10.2. The van der Waals surface area contributed by atoms with Gasteiger partial charge in [0.1, 0.15) is 22.6 Å². The van der Waals surface area contributed by atoms with Crippen LogP contribution in [0.2, 0.25) is 0 Å². The summed E-state index contributed by atoms with van der Waals surface area (Å²) in [6.45, 7) is 0. The molecule has 2 aliphatic heterocycles. The molecule has 3 aromatic rings. The highest BCUT2D eigenvalue weighted by Gasteiger charge is 2.37. The lowest BCUT2D eigenvalue weighted by Crippen LogP contribution is -2.42. The van der Waals surface area contributed by atoms with Crippen molar-refractivity contribution in [2.24, 2.45) is 5.10 Å². The molecule has 0 bridgehead atoms. The minimum absolute atomic E-state index is 0.0210. The summed E-state index contributed by atoms with van der Waals surface area (Å²) >= 11 is 0. The number of benzene rings is 2. The lowest BCUT2D eigenvalue weighted by molar-refractivity contribution is -0.133. The normalized spacial score (nSPS) is 20.5. The van der Waals surface area contributed by atoms with Crippen molar-refractivity contribution in [3.05, 3.63) is 36.4 Å². The van der Waals surface area contributed by atoms with Crippen LogP contribution in [-0.2, 0) is 19.4 Å². The highest BCUT2D eigenvalue weighted by molar-refractivity contribution is 7.91. The van der Waals surface area contributed by atoms with E-state index in [0.717, 1.165) is 16.4 Å². The van der Waals surface area contributed by atoms with Gasteiger partial charge in [-0.1, -0.05) is 18.2 Å². The molecule has 0 spiro atoms. The van der Waals surface area contributed by atoms with Crippen LogP contribution in [0.15, 0.2) is 45.9 Å². The molecule has 10 heteroatoms. The Labute approximate surface area is 183 Å². The molecule has 1 N–H and O–H groups in total. The lowest BCUT2D eigenvalue weighted by Gasteiger charge is -2.27. The Hall–Kier alpha value is -3.40. The Morgan fingerprint density at radius 3 is 2.75 bits per heavy atom. The van der Waals surface area contributed by atoms with E-state index in [1.807, 2.05) is 24.3 Å². The number of ether oxygens (including phenoxy) is 1. The van der Waals surface area contributed by atoms with Crippen LogP contribution in [0, 0.1) is 0 Å². The fourth-order valence-electron chi connectivity index (χ4n) is 4.20. The smallest absolute Gasteiger partial charge is 0.271 e. The molecule has 32 heavy (non-hydrogen) atoms. The van der Waals surface area contributed by atoms with Gasteiger partial charge in [0.15, 0.2) is 9.84 Å². The Morgan fingerprint density at radius 1 is 1.19 bits per heavy atom. The SMILES string of the molecule is COc1cc2c(cc1NC(=O)C1=NN([C@H]3CCS(=O)(=O)C3)C(=O)CC1)oc1ccccc12. The Morgan fingerprint density at radius 2 is 2.00 bits per heavy atom. The number of methoxy groups -OCH3 is 1. The van der Waals surface area contributed by atoms with E-state index in [1.54, 1.807) is 12.1 Å². The summed E-state index contributed by atoms with van der Waals surface area (Å²) in [5.74, 6) is -0.397. The van der Waals surface area contributed by atoms with Gasteiger partial charge in [0, 0.05) is 29.7 Å². The van der Waals surface area contributed by atoms with Gasteiger partial charge < -0.3 is 14.5 Å². The van der Waals surface area contributed by atoms with Crippen molar-refractivity contribution >= 4 is 55.0 Å². The molecule has 0 radical (unpaired) electrons. The number of hydrazone groups is 1. The van der Waals surface area contributed by atoms with Crippen LogP contribution in [-0.4, -0.2) is 55.6 Å². The first kappa shape index (κ1) is 20.5. The van der Waals surface area contributed by atoms with E-state index in [-0.39, 0.29) is 36.0 Å². The van der Waals surface area contributed by atoms with Gasteiger partial charge in [0.05, 0.1) is 30.3 Å². The van der Waals surface area contributed by atoms with Crippen LogP contribution in [0.1, 0.15) is 19.3 Å². The van der Waals surface area contributed by atoms with Crippen LogP contribution < -0.4 is 10.1 Å². The van der Waals surface area contributed by atoms with E-state index in [9.17, 15) is 18.0 Å². The standard InChI is InChI=1S/C22H21N3O6S/c1-30-20-10-15-14-4-2-3-5-18(14)31-19(15)11-17(20)23-22(27)16-6-7-21(26)25(24-16)13-8-9-32(28,29)12-13/h2-5,10-11,13H,6-9,12H2,1H3,(H,23,27)/t13-/m0/s1. The Balaban J connectivity index is 1.44. The zero-order chi connectivity index (χ0) is 22.5. The summed E-state index contributed by atoms with van der Waals surface area (Å²) in [5, 5.41) is 9.99. The number of sulfone groups is 1. The van der Waals surface area contributed by atoms with Crippen LogP contribution in [0.4, 0.5) is 5.69 Å². The molecule has 9 nitrogen and oxygen atoms in total. The average Bonchev–Trinajstić information content (AvgIpc) is 3.32. The molecule has 1 fully saturated rings. The molecule has 0 unspecified atom stereocenters. The summed E-state index contributed by atoms with van der Waals surface area (Å²) in [6.07, 6.45) is 0.599. The number of nitrogens with one attached hydrogen (secondary N) is 1. The molecule has 0 aliphatic carbocycles. The number of furan rings is 1. The maximum absolute atomic E-state index is 13.0. The largest absolute Gasteiger partial charge is 0.495 e. The van der Waals surface area contributed by atoms with E-state index in [1.165, 1.54) is 12.1 Å². The van der Waals surface area contributed by atoms with Gasteiger partial charge in [-0.3, -0.25) is 9.59 Å². The van der Waals surface area contributed by atoms with E-state index >= 15 is 0 Å². The molecule has 3 heterocycles. The number of hydrogen-bond donors (Lipinski definition) is 1. The quantitative estimate of drug-likeness (QED) is 0.646. The first-order valence-electron chi connectivity index (χ1n) is 10.3. The van der Waals surface area contributed by atoms with Gasteiger partial charge in [0.2, 0.25) is 5.91 Å². The molecule has 2 amide bonds. The maximum Gasteiger partial charge on any atom is 0.271 e. The van der Waals surface area contributed by atoms with Crippen molar-refractivity contribution in [3.63, 3.8) is 0 Å². The number of hydrogen-bond acceptors (Lipinski definition) is 7. The molecule has 166 valence electrons. The summed E-state index contributed by atoms with van der Waals surface area (Å²) < 4.78 is 35.0. The zero-order valence-corrected chi connectivity index (χ0v) is 18.1. The third kappa shape index (κ3) is 3.60. The predicted octanol–water partition coefficient (Wildman–Crippen LogP) is 2.70. The van der Waals surface area contributed by atoms with E-state index in [2.05, 4.69) is 10.4 Å². The van der Waals surface area contributed by atoms with Gasteiger partial charge in [-0.05, 0) is 18.6 Å². The Bertz CT molecular complexity index is 1390. The van der Waals surface area contributed by atoms with Crippen LogP contribution in [0.25, 0.3) is 21.9 Å². The number of para-hydroxylation sites is 1. The lowest BCUT2D eigenvalue weighted by atomic mass is 10.1. The fourth-order valence-corrected chi connectivity index (χ4v) is 5.89. The monoisotopic (exact) mass is 455 g/mol. The molecule has 2 aliphatic rings. The maximum atomic E-state index is 13.0. The molecule has 1 aromatic heterocycles. The van der Waals surface area contributed by atoms with Gasteiger partial charge in [-0.15, -0.1) is 0 Å². The molecular formula is C22H21N3O6S. The van der Waals surface area contributed by atoms with Crippen molar-refractivity contribution < 1.29 is 27.2 Å². The summed E-state index contributed by atoms with van der Waals surface area (Å²) in [7, 11) is -1.67. The van der Waals surface area contributed by atoms with Crippen LogP contribution in [0.5, 0.6) is 5.75 Å². The third-order valence-electron chi connectivity index (χ3n) is 5.82. The highest BCUT2D eigenvalue weighted by atomic mass is 32.2. The van der Waals surface area contributed by atoms with Crippen molar-refractivity contribution in [3.8, 4) is 5.75 Å². The average molecular weight is 455 g/mol. The van der Waals surface area contributed by atoms with Crippen molar-refractivity contribution in [2.45, 2.75) is 25.3 Å². The number of amides is 2. The zero-order valence-electron chi connectivity index (χ0n) is 17.3. The molecule has 0 saturated carbocycles. The number of fused-ring (bicyclic) bond motifs is 3. The van der Waals surface area contributed by atoms with Gasteiger partial charge in [0.25, 0.3) is 5.91 Å². The van der Waals surface area contributed by atoms with Crippen molar-refractivity contribution in [1.82, 2.24) is 5.01 Å². The van der Waals surface area contributed by atoms with Crippen LogP contribution in [0.3, 0.4) is 0 Å². The molecular weight excluding hydrogens is 434 g/mol. The number of carbonyl (C=O) groups excluding carboxylic acids is 2. The Kier molecular flexibility index (Phi) is 4.89. The van der Waals surface area contributed by atoms with Gasteiger partial charge in [-0.2, -0.15) is 5.10 Å². The molecule has 5 rings (SSSR count). The third-order valence-corrected chi connectivity index (χ3v) is 7.57. The van der Waals surface area contributed by atoms with E-state index < -0.39 is 21.8 Å². The summed E-state index contributed by atoms with van der Waals surface area (Å²) in [6, 6.07) is 10.6. The molecule has 2 aromatic carbocycles. The first-order valence-corrected chi connectivity index (χ1v) is 12.1. The van der Waals surface area contributed by atoms with Gasteiger partial charge >= 0.3 is 0 Å². The second kappa shape index (κ2) is 7.63. The van der Waals surface area contributed by atoms with Crippen molar-refractivity contribution in [1.29, 1.82) is 0 Å². The second-order valence-electron chi connectivity index (χ2n) is 7.94. The van der Waals surface area contributed by atoms with E-state index in [4.69, 9.17) is 9.15 Å². The highest BCUT2D eigenvalue weighted by Crippen LogP contribution is 2.36. The van der Waals surface area contributed by atoms with Crippen LogP contribution >= 0.6 is 0 Å². The first-order chi connectivity index (χ1) is 15.3. The number of anilines is 1. The minimum Gasteiger partial charge on any atom is -0.495 e. The summed E-state index contributed by atoms with van der Waals surface area (Å²) in [4.78, 5) is 25.3. The molecule has 1 saturated heterocycles. The fraction of sp³-hybridized carbons (Fsp3) is 0.318. The number of nitrogens with zero attached hydrogens (tertiary/aromatic N) is 2.